The Labute approximate surface area is 94.5 Å². The van der Waals surface area contributed by atoms with Gasteiger partial charge in [0, 0.05) is 19.8 Å². The topological polar surface area (TPSA) is 45.2 Å². The van der Waals surface area contributed by atoms with Gasteiger partial charge in [-0.1, -0.05) is 0 Å². The van der Waals surface area contributed by atoms with Crippen molar-refractivity contribution in [3.05, 3.63) is 24.1 Å². The molecular weight excluding hydrogens is 209 g/mol. The van der Waals surface area contributed by atoms with Crippen LogP contribution in [-0.2, 0) is 4.79 Å². The average molecular weight is 225 g/mol. The molecule has 5 heteroatoms. The molecule has 0 radical (unpaired) electrons. The molecule has 1 heterocycles. The molecule has 0 spiro atoms. The van der Waals surface area contributed by atoms with Crippen LogP contribution in [0.25, 0.3) is 0 Å². The standard InChI is InChI=1S/C11H16FN3O/c1-4-15(3)11(16)8(2)14-10-9(12)6-5-7-13-10/h5-8H,4H2,1-3H3,(H,13,14). The summed E-state index contributed by atoms with van der Waals surface area (Å²) in [5, 5.41) is 2.75. The molecule has 1 amide bonds. The Morgan fingerprint density at radius 3 is 2.94 bits per heavy atom. The van der Waals surface area contributed by atoms with E-state index in [1.807, 2.05) is 6.92 Å². The number of nitrogens with one attached hydrogen (secondary N) is 1. The summed E-state index contributed by atoms with van der Waals surface area (Å²) in [6.45, 7) is 4.18. The quantitative estimate of drug-likeness (QED) is 0.844. The van der Waals surface area contributed by atoms with Crippen LogP contribution in [0.1, 0.15) is 13.8 Å². The Bertz CT molecular complexity index is 370. The van der Waals surface area contributed by atoms with E-state index in [-0.39, 0.29) is 11.7 Å². The third-order valence-corrected chi connectivity index (χ3v) is 2.33. The molecule has 0 bridgehead atoms. The van der Waals surface area contributed by atoms with Gasteiger partial charge in [0.2, 0.25) is 5.91 Å². The molecule has 1 aromatic rings. The minimum atomic E-state index is -0.491. The van der Waals surface area contributed by atoms with E-state index in [4.69, 9.17) is 0 Å². The predicted octanol–water partition coefficient (Wildman–Crippen LogP) is 1.50. The zero-order valence-electron chi connectivity index (χ0n) is 9.70. The van der Waals surface area contributed by atoms with Crippen LogP contribution in [0.5, 0.6) is 0 Å². The Morgan fingerprint density at radius 2 is 2.38 bits per heavy atom. The van der Waals surface area contributed by atoms with E-state index < -0.39 is 11.9 Å². The molecule has 1 atom stereocenters. The maximum absolute atomic E-state index is 13.2. The van der Waals surface area contributed by atoms with Gasteiger partial charge in [-0.25, -0.2) is 9.37 Å². The first-order chi connectivity index (χ1) is 7.56. The van der Waals surface area contributed by atoms with Crippen molar-refractivity contribution in [2.45, 2.75) is 19.9 Å². The van der Waals surface area contributed by atoms with Crippen molar-refractivity contribution in [3.63, 3.8) is 0 Å². The smallest absolute Gasteiger partial charge is 0.244 e. The lowest BCUT2D eigenvalue weighted by Gasteiger charge is -2.20. The molecule has 1 unspecified atom stereocenters. The lowest BCUT2D eigenvalue weighted by Crippen LogP contribution is -2.39. The summed E-state index contributed by atoms with van der Waals surface area (Å²) in [6.07, 6.45) is 1.48. The van der Waals surface area contributed by atoms with Gasteiger partial charge < -0.3 is 10.2 Å². The molecule has 0 aliphatic rings. The number of amides is 1. The highest BCUT2D eigenvalue weighted by Crippen LogP contribution is 2.10. The maximum Gasteiger partial charge on any atom is 0.244 e. The number of aromatic nitrogens is 1. The van der Waals surface area contributed by atoms with Crippen LogP contribution in [0, 0.1) is 5.82 Å². The van der Waals surface area contributed by atoms with Crippen LogP contribution in [0.3, 0.4) is 0 Å². The molecule has 16 heavy (non-hydrogen) atoms. The number of likely N-dealkylation sites (N-methyl/N-ethyl adjacent to an activating group) is 1. The fourth-order valence-electron chi connectivity index (χ4n) is 1.25. The lowest BCUT2D eigenvalue weighted by molar-refractivity contribution is -0.130. The molecule has 1 rings (SSSR count). The van der Waals surface area contributed by atoms with Gasteiger partial charge in [-0.15, -0.1) is 0 Å². The third-order valence-electron chi connectivity index (χ3n) is 2.33. The van der Waals surface area contributed by atoms with Crippen LogP contribution in [0.4, 0.5) is 10.2 Å². The second-order valence-electron chi connectivity index (χ2n) is 3.55. The summed E-state index contributed by atoms with van der Waals surface area (Å²) in [4.78, 5) is 17.1. The fraction of sp³-hybridized carbons (Fsp3) is 0.455. The first kappa shape index (κ1) is 12.4. The fourth-order valence-corrected chi connectivity index (χ4v) is 1.25. The molecule has 0 saturated heterocycles. The van der Waals surface area contributed by atoms with Gasteiger partial charge in [0.25, 0.3) is 0 Å². The van der Waals surface area contributed by atoms with Crippen LogP contribution in [0.2, 0.25) is 0 Å². The van der Waals surface area contributed by atoms with E-state index in [1.54, 1.807) is 18.9 Å². The van der Waals surface area contributed by atoms with Crippen molar-refractivity contribution in [1.29, 1.82) is 0 Å². The Morgan fingerprint density at radius 1 is 1.69 bits per heavy atom. The average Bonchev–Trinajstić information content (AvgIpc) is 2.30. The zero-order valence-corrected chi connectivity index (χ0v) is 9.70. The zero-order chi connectivity index (χ0) is 12.1. The van der Waals surface area contributed by atoms with Gasteiger partial charge >= 0.3 is 0 Å². The first-order valence-electron chi connectivity index (χ1n) is 5.18. The number of hydrogen-bond donors (Lipinski definition) is 1. The monoisotopic (exact) mass is 225 g/mol. The predicted molar refractivity (Wildman–Crippen MR) is 60.6 cm³/mol. The van der Waals surface area contributed by atoms with Crippen molar-refractivity contribution in [1.82, 2.24) is 9.88 Å². The normalized spacial score (nSPS) is 12.0. The highest BCUT2D eigenvalue weighted by Gasteiger charge is 2.17. The number of carbonyl (C=O) groups is 1. The SMILES string of the molecule is CCN(C)C(=O)C(C)Nc1ncccc1F. The Hall–Kier alpha value is -1.65. The van der Waals surface area contributed by atoms with Gasteiger partial charge in [0.15, 0.2) is 11.6 Å². The van der Waals surface area contributed by atoms with Crippen molar-refractivity contribution in [2.24, 2.45) is 0 Å². The summed E-state index contributed by atoms with van der Waals surface area (Å²) in [6, 6.07) is 2.32. The number of pyridine rings is 1. The van der Waals surface area contributed by atoms with Gasteiger partial charge in [0.1, 0.15) is 6.04 Å². The lowest BCUT2D eigenvalue weighted by atomic mass is 10.3. The molecule has 1 N–H and O–H groups in total. The van der Waals surface area contributed by atoms with Crippen LogP contribution in [0.15, 0.2) is 18.3 Å². The molecular formula is C11H16FN3O. The molecule has 88 valence electrons. The number of halogens is 1. The van der Waals surface area contributed by atoms with Crippen LogP contribution >= 0.6 is 0 Å². The van der Waals surface area contributed by atoms with E-state index in [1.165, 1.54) is 18.3 Å². The van der Waals surface area contributed by atoms with E-state index in [9.17, 15) is 9.18 Å². The van der Waals surface area contributed by atoms with Gasteiger partial charge in [-0.2, -0.15) is 0 Å². The summed E-state index contributed by atoms with van der Waals surface area (Å²) in [5.41, 5.74) is 0. The Balaban J connectivity index is 2.68. The molecule has 1 aromatic heterocycles. The van der Waals surface area contributed by atoms with E-state index in [0.717, 1.165) is 0 Å². The number of rotatable bonds is 4. The number of nitrogens with zero attached hydrogens (tertiary/aromatic N) is 2. The summed E-state index contributed by atoms with van der Waals surface area (Å²) >= 11 is 0. The summed E-state index contributed by atoms with van der Waals surface area (Å²) in [5.74, 6) is -0.443. The van der Waals surface area contributed by atoms with E-state index >= 15 is 0 Å². The van der Waals surface area contributed by atoms with E-state index in [2.05, 4.69) is 10.3 Å². The first-order valence-corrected chi connectivity index (χ1v) is 5.18. The highest BCUT2D eigenvalue weighted by atomic mass is 19.1. The molecule has 4 nitrogen and oxygen atoms in total. The van der Waals surface area contributed by atoms with E-state index in [0.29, 0.717) is 6.54 Å². The van der Waals surface area contributed by atoms with Gasteiger partial charge in [-0.05, 0) is 26.0 Å². The van der Waals surface area contributed by atoms with Crippen molar-refractivity contribution in [2.75, 3.05) is 18.9 Å². The van der Waals surface area contributed by atoms with Gasteiger partial charge in [-0.3, -0.25) is 4.79 Å². The number of anilines is 1. The van der Waals surface area contributed by atoms with Crippen LogP contribution < -0.4 is 5.32 Å². The second kappa shape index (κ2) is 5.44. The van der Waals surface area contributed by atoms with Gasteiger partial charge in [0.05, 0.1) is 0 Å². The largest absolute Gasteiger partial charge is 0.356 e. The summed E-state index contributed by atoms with van der Waals surface area (Å²) in [7, 11) is 1.70. The molecule has 0 saturated carbocycles. The summed E-state index contributed by atoms with van der Waals surface area (Å²) < 4.78 is 13.2. The maximum atomic E-state index is 13.2. The van der Waals surface area contributed by atoms with Crippen molar-refractivity contribution in [3.8, 4) is 0 Å². The second-order valence-corrected chi connectivity index (χ2v) is 3.55. The molecule has 0 aliphatic carbocycles. The van der Waals surface area contributed by atoms with Crippen LogP contribution in [-0.4, -0.2) is 35.4 Å². The minimum absolute atomic E-state index is 0.0902. The Kier molecular flexibility index (Phi) is 4.22. The third kappa shape index (κ3) is 2.92. The highest BCUT2D eigenvalue weighted by molar-refractivity contribution is 5.83. The number of hydrogen-bond acceptors (Lipinski definition) is 3. The molecule has 0 aromatic carbocycles. The molecule has 0 aliphatic heterocycles. The van der Waals surface area contributed by atoms with Crippen molar-refractivity contribution < 1.29 is 9.18 Å². The molecule has 0 fully saturated rings. The van der Waals surface area contributed by atoms with Crippen molar-refractivity contribution >= 4 is 11.7 Å². The minimum Gasteiger partial charge on any atom is -0.356 e. The number of carbonyl (C=O) groups excluding carboxylic acids is 1.